The number of aryl methyl sites for hydroxylation is 3. The van der Waals surface area contributed by atoms with E-state index in [4.69, 9.17) is 0 Å². The molecule has 0 saturated heterocycles. The van der Waals surface area contributed by atoms with Crippen molar-refractivity contribution in [3.8, 4) is 0 Å². The molecule has 0 atom stereocenters. The SMILES string of the molecule is CCc1c(C)cccc1[PH](CC)(c1cccc(C)c1)c1cccc(C)c1. The molecule has 0 N–H and O–H groups in total. The van der Waals surface area contributed by atoms with Crippen LogP contribution in [0.15, 0.2) is 66.7 Å². The molecule has 0 bridgehead atoms. The molecule has 3 rings (SSSR count). The van der Waals surface area contributed by atoms with Gasteiger partial charge in [0, 0.05) is 0 Å². The first kappa shape index (κ1) is 18.9. The van der Waals surface area contributed by atoms with Crippen molar-refractivity contribution in [2.45, 2.75) is 41.0 Å². The monoisotopic (exact) mass is 362 g/mol. The van der Waals surface area contributed by atoms with Crippen LogP contribution < -0.4 is 15.9 Å². The van der Waals surface area contributed by atoms with Crippen molar-refractivity contribution >= 4 is 23.2 Å². The molecule has 136 valence electrons. The van der Waals surface area contributed by atoms with E-state index in [1.807, 2.05) is 0 Å². The summed E-state index contributed by atoms with van der Waals surface area (Å²) in [5, 5.41) is 4.66. The number of hydrogen-bond acceptors (Lipinski definition) is 0. The zero-order valence-corrected chi connectivity index (χ0v) is 17.8. The summed E-state index contributed by atoms with van der Waals surface area (Å²) in [6.07, 6.45) is 2.27. The van der Waals surface area contributed by atoms with Crippen LogP contribution in [0.1, 0.15) is 36.1 Å². The minimum atomic E-state index is -2.06. The van der Waals surface area contributed by atoms with Crippen LogP contribution >= 0.6 is 7.26 Å². The molecule has 3 aromatic rings. The van der Waals surface area contributed by atoms with Crippen LogP contribution in [-0.4, -0.2) is 6.16 Å². The summed E-state index contributed by atoms with van der Waals surface area (Å²) < 4.78 is 0. The number of benzene rings is 3. The van der Waals surface area contributed by atoms with E-state index in [1.165, 1.54) is 33.5 Å². The average Bonchev–Trinajstić information content (AvgIpc) is 2.63. The van der Waals surface area contributed by atoms with Gasteiger partial charge < -0.3 is 0 Å². The maximum absolute atomic E-state index is 2.43. The second kappa shape index (κ2) is 7.77. The summed E-state index contributed by atoms with van der Waals surface area (Å²) in [5.41, 5.74) is 5.68. The molecule has 0 nitrogen and oxygen atoms in total. The van der Waals surface area contributed by atoms with Crippen molar-refractivity contribution in [1.29, 1.82) is 0 Å². The van der Waals surface area contributed by atoms with Gasteiger partial charge in [-0.2, -0.15) is 0 Å². The molecule has 0 aliphatic carbocycles. The van der Waals surface area contributed by atoms with Crippen molar-refractivity contribution in [3.05, 3.63) is 89.0 Å². The third-order valence-electron chi connectivity index (χ3n) is 5.78. The normalized spacial score (nSPS) is 12.2. The van der Waals surface area contributed by atoms with E-state index in [1.54, 1.807) is 10.9 Å². The molecule has 3 aromatic carbocycles. The Labute approximate surface area is 159 Å². The van der Waals surface area contributed by atoms with E-state index < -0.39 is 7.26 Å². The van der Waals surface area contributed by atoms with Crippen molar-refractivity contribution in [2.24, 2.45) is 0 Å². The third kappa shape index (κ3) is 3.24. The van der Waals surface area contributed by atoms with E-state index in [9.17, 15) is 0 Å². The molecule has 0 spiro atoms. The van der Waals surface area contributed by atoms with Crippen molar-refractivity contribution in [2.75, 3.05) is 6.16 Å². The molecule has 0 aromatic heterocycles. The second-order valence-corrected chi connectivity index (χ2v) is 11.7. The number of hydrogen-bond donors (Lipinski definition) is 0. The Hall–Kier alpha value is -1.91. The molecule has 0 heterocycles. The van der Waals surface area contributed by atoms with Gasteiger partial charge in [-0.25, -0.2) is 0 Å². The van der Waals surface area contributed by atoms with E-state index in [-0.39, 0.29) is 0 Å². The summed E-state index contributed by atoms with van der Waals surface area (Å²) in [4.78, 5) is 0. The molecule has 0 radical (unpaired) electrons. The molecule has 1 heteroatoms. The molecular formula is C25H31P. The first-order valence-corrected chi connectivity index (χ1v) is 12.0. The summed E-state index contributed by atoms with van der Waals surface area (Å²) in [5.74, 6) is 0. The Bertz CT molecular complexity index is 862. The Balaban J connectivity index is 2.42. The van der Waals surface area contributed by atoms with Crippen LogP contribution in [0, 0.1) is 20.8 Å². The van der Waals surface area contributed by atoms with Gasteiger partial charge in [0.05, 0.1) is 0 Å². The molecule has 0 aliphatic heterocycles. The minimum absolute atomic E-state index is 1.09. The van der Waals surface area contributed by atoms with Gasteiger partial charge in [0.2, 0.25) is 0 Å². The van der Waals surface area contributed by atoms with Gasteiger partial charge in [0.15, 0.2) is 0 Å². The third-order valence-corrected chi connectivity index (χ3v) is 10.8. The molecule has 0 fully saturated rings. The zero-order chi connectivity index (χ0) is 18.7. The molecule has 0 amide bonds. The first-order chi connectivity index (χ1) is 12.5. The summed E-state index contributed by atoms with van der Waals surface area (Å²) in [7, 11) is -2.06. The van der Waals surface area contributed by atoms with Gasteiger partial charge in [0.25, 0.3) is 0 Å². The Morgan fingerprint density at radius 2 is 1.23 bits per heavy atom. The van der Waals surface area contributed by atoms with Gasteiger partial charge in [-0.3, -0.25) is 0 Å². The van der Waals surface area contributed by atoms with E-state index >= 15 is 0 Å². The summed E-state index contributed by atoms with van der Waals surface area (Å²) >= 11 is 0. The maximum atomic E-state index is 2.43. The van der Waals surface area contributed by atoms with Crippen LogP contribution in [0.4, 0.5) is 0 Å². The Kier molecular flexibility index (Phi) is 5.64. The fraction of sp³-hybridized carbons (Fsp3) is 0.280. The predicted molar refractivity (Wildman–Crippen MR) is 121 cm³/mol. The van der Waals surface area contributed by atoms with Crippen LogP contribution in [-0.2, 0) is 6.42 Å². The molecule has 0 saturated carbocycles. The van der Waals surface area contributed by atoms with Gasteiger partial charge in [-0.15, -0.1) is 0 Å². The molecule has 0 unspecified atom stereocenters. The zero-order valence-electron chi connectivity index (χ0n) is 16.8. The average molecular weight is 362 g/mol. The van der Waals surface area contributed by atoms with Crippen molar-refractivity contribution in [3.63, 3.8) is 0 Å². The second-order valence-electron chi connectivity index (χ2n) is 7.45. The van der Waals surface area contributed by atoms with Crippen LogP contribution in [0.25, 0.3) is 0 Å². The molecule has 26 heavy (non-hydrogen) atoms. The quantitative estimate of drug-likeness (QED) is 0.546. The van der Waals surface area contributed by atoms with Crippen LogP contribution in [0.5, 0.6) is 0 Å². The molecule has 0 aliphatic rings. The first-order valence-electron chi connectivity index (χ1n) is 9.76. The van der Waals surface area contributed by atoms with Crippen molar-refractivity contribution < 1.29 is 0 Å². The van der Waals surface area contributed by atoms with Crippen molar-refractivity contribution in [1.82, 2.24) is 0 Å². The number of rotatable bonds is 5. The molecular weight excluding hydrogens is 331 g/mol. The summed E-state index contributed by atoms with van der Waals surface area (Å²) in [6.45, 7) is 11.4. The van der Waals surface area contributed by atoms with Crippen LogP contribution in [0.2, 0.25) is 0 Å². The summed E-state index contributed by atoms with van der Waals surface area (Å²) in [6, 6.07) is 25.4. The van der Waals surface area contributed by atoms with Gasteiger partial charge in [0.1, 0.15) is 0 Å². The topological polar surface area (TPSA) is 0 Å². The van der Waals surface area contributed by atoms with E-state index in [0.717, 1.165) is 6.42 Å². The Morgan fingerprint density at radius 1 is 0.692 bits per heavy atom. The van der Waals surface area contributed by atoms with Crippen LogP contribution in [0.3, 0.4) is 0 Å². The van der Waals surface area contributed by atoms with E-state index in [2.05, 4.69) is 101 Å². The Morgan fingerprint density at radius 3 is 1.69 bits per heavy atom. The van der Waals surface area contributed by atoms with E-state index in [0.29, 0.717) is 0 Å². The van der Waals surface area contributed by atoms with Gasteiger partial charge in [-0.05, 0) is 0 Å². The van der Waals surface area contributed by atoms with Gasteiger partial charge >= 0.3 is 159 Å². The predicted octanol–water partition coefficient (Wildman–Crippen LogP) is 5.22. The fourth-order valence-electron chi connectivity index (χ4n) is 4.47. The standard InChI is InChI=1S/C25H31P/c1-6-24-21(5)13-10-16-25(24)26(7-2,22-14-8-11-19(3)17-22)23-15-9-12-20(4)18-23/h8-18,26H,6-7H2,1-5H3. The van der Waals surface area contributed by atoms with Gasteiger partial charge in [-0.1, -0.05) is 0 Å². The fourth-order valence-corrected chi connectivity index (χ4v) is 9.60.